The SMILES string of the molecule is NNc1ccnc(COc2cc(Br)cc([N+](=O)[O-])c2)c1. The number of anilines is 1. The van der Waals surface area contributed by atoms with E-state index in [-0.39, 0.29) is 12.3 Å². The summed E-state index contributed by atoms with van der Waals surface area (Å²) in [6, 6.07) is 7.86. The summed E-state index contributed by atoms with van der Waals surface area (Å²) in [5, 5.41) is 10.8. The number of ether oxygens (including phenoxy) is 1. The second kappa shape index (κ2) is 6.31. The van der Waals surface area contributed by atoms with Crippen LogP contribution < -0.4 is 16.0 Å². The first-order valence-electron chi connectivity index (χ1n) is 5.58. The fraction of sp³-hybridized carbons (Fsp3) is 0.0833. The Labute approximate surface area is 123 Å². The van der Waals surface area contributed by atoms with Crippen LogP contribution >= 0.6 is 15.9 Å². The van der Waals surface area contributed by atoms with Crippen molar-refractivity contribution in [2.24, 2.45) is 5.84 Å². The van der Waals surface area contributed by atoms with Gasteiger partial charge in [0.2, 0.25) is 0 Å². The molecule has 0 saturated carbocycles. The van der Waals surface area contributed by atoms with Crippen LogP contribution in [0, 0.1) is 10.1 Å². The van der Waals surface area contributed by atoms with Crippen molar-refractivity contribution in [3.8, 4) is 5.75 Å². The lowest BCUT2D eigenvalue weighted by molar-refractivity contribution is -0.385. The van der Waals surface area contributed by atoms with Crippen LogP contribution in [0.1, 0.15) is 5.69 Å². The molecule has 20 heavy (non-hydrogen) atoms. The third-order valence-corrected chi connectivity index (χ3v) is 2.89. The predicted molar refractivity (Wildman–Crippen MR) is 77.2 cm³/mol. The number of hydrogen-bond acceptors (Lipinski definition) is 6. The van der Waals surface area contributed by atoms with Gasteiger partial charge in [0.25, 0.3) is 5.69 Å². The molecule has 0 atom stereocenters. The molecule has 0 fully saturated rings. The lowest BCUT2D eigenvalue weighted by Crippen LogP contribution is -2.08. The number of benzene rings is 1. The van der Waals surface area contributed by atoms with E-state index in [4.69, 9.17) is 10.6 Å². The molecule has 8 heteroatoms. The minimum absolute atomic E-state index is 0.0419. The molecule has 0 saturated heterocycles. The van der Waals surface area contributed by atoms with Gasteiger partial charge in [0.1, 0.15) is 12.4 Å². The van der Waals surface area contributed by atoms with Crippen molar-refractivity contribution >= 4 is 27.3 Å². The van der Waals surface area contributed by atoms with Crippen molar-refractivity contribution in [1.29, 1.82) is 0 Å². The van der Waals surface area contributed by atoms with E-state index in [0.717, 1.165) is 0 Å². The number of halogens is 1. The van der Waals surface area contributed by atoms with Gasteiger partial charge in [-0.1, -0.05) is 15.9 Å². The van der Waals surface area contributed by atoms with Crippen LogP contribution in [-0.2, 0) is 6.61 Å². The van der Waals surface area contributed by atoms with E-state index < -0.39 is 4.92 Å². The van der Waals surface area contributed by atoms with E-state index in [1.165, 1.54) is 12.1 Å². The first kappa shape index (κ1) is 14.2. The van der Waals surface area contributed by atoms with E-state index in [2.05, 4.69) is 26.3 Å². The normalized spacial score (nSPS) is 10.1. The molecule has 1 heterocycles. The predicted octanol–water partition coefficient (Wildman–Crippen LogP) is 2.62. The maximum atomic E-state index is 10.8. The van der Waals surface area contributed by atoms with Crippen LogP contribution in [0.4, 0.5) is 11.4 Å². The Balaban J connectivity index is 2.12. The highest BCUT2D eigenvalue weighted by Crippen LogP contribution is 2.26. The second-order valence-electron chi connectivity index (χ2n) is 3.87. The maximum Gasteiger partial charge on any atom is 0.274 e. The molecular weight excluding hydrogens is 328 g/mol. The highest BCUT2D eigenvalue weighted by molar-refractivity contribution is 9.10. The number of nitro benzene ring substituents is 1. The third kappa shape index (κ3) is 3.65. The van der Waals surface area contributed by atoms with Crippen LogP contribution in [0.5, 0.6) is 5.75 Å². The van der Waals surface area contributed by atoms with Gasteiger partial charge < -0.3 is 10.2 Å². The molecule has 2 rings (SSSR count). The Morgan fingerprint density at radius 3 is 2.90 bits per heavy atom. The van der Waals surface area contributed by atoms with Gasteiger partial charge in [0, 0.05) is 16.7 Å². The molecular formula is C12H11BrN4O3. The Kier molecular flexibility index (Phi) is 4.49. The zero-order valence-electron chi connectivity index (χ0n) is 10.2. The molecule has 1 aromatic carbocycles. The number of pyridine rings is 1. The lowest BCUT2D eigenvalue weighted by atomic mass is 10.3. The minimum atomic E-state index is -0.477. The van der Waals surface area contributed by atoms with Crippen molar-refractivity contribution in [2.45, 2.75) is 6.61 Å². The van der Waals surface area contributed by atoms with Gasteiger partial charge in [-0.2, -0.15) is 0 Å². The molecule has 0 aliphatic rings. The van der Waals surface area contributed by atoms with Gasteiger partial charge in [-0.3, -0.25) is 20.9 Å². The number of nitrogens with two attached hydrogens (primary N) is 1. The molecule has 0 spiro atoms. The van der Waals surface area contributed by atoms with Gasteiger partial charge in [-0.25, -0.2) is 0 Å². The number of nitrogen functional groups attached to an aromatic ring is 1. The van der Waals surface area contributed by atoms with Crippen LogP contribution in [-0.4, -0.2) is 9.91 Å². The smallest absolute Gasteiger partial charge is 0.274 e. The Hall–Kier alpha value is -2.19. The monoisotopic (exact) mass is 338 g/mol. The number of rotatable bonds is 5. The summed E-state index contributed by atoms with van der Waals surface area (Å²) in [5.74, 6) is 5.69. The summed E-state index contributed by atoms with van der Waals surface area (Å²) in [6.45, 7) is 0.184. The average Bonchev–Trinajstić information content (AvgIpc) is 2.44. The molecule has 0 amide bonds. The summed E-state index contributed by atoms with van der Waals surface area (Å²) < 4.78 is 6.07. The molecule has 0 aliphatic carbocycles. The standard InChI is InChI=1S/C12H11BrN4O3/c13-8-3-11(17(18)19)6-12(4-8)20-7-10-5-9(16-14)1-2-15-10/h1-6H,7,14H2,(H,15,16). The van der Waals surface area contributed by atoms with Crippen molar-refractivity contribution < 1.29 is 9.66 Å². The highest BCUT2D eigenvalue weighted by atomic mass is 79.9. The Morgan fingerprint density at radius 1 is 1.40 bits per heavy atom. The van der Waals surface area contributed by atoms with Crippen molar-refractivity contribution in [1.82, 2.24) is 4.98 Å². The lowest BCUT2D eigenvalue weighted by Gasteiger charge is -2.07. The van der Waals surface area contributed by atoms with Gasteiger partial charge in [0.15, 0.2) is 0 Å². The third-order valence-electron chi connectivity index (χ3n) is 2.44. The minimum Gasteiger partial charge on any atom is -0.487 e. The largest absolute Gasteiger partial charge is 0.487 e. The van der Waals surface area contributed by atoms with E-state index in [1.807, 2.05) is 0 Å². The molecule has 1 aromatic heterocycles. The molecule has 104 valence electrons. The van der Waals surface area contributed by atoms with Crippen LogP contribution in [0.25, 0.3) is 0 Å². The number of nitrogens with zero attached hydrogens (tertiary/aromatic N) is 2. The van der Waals surface area contributed by atoms with E-state index in [1.54, 1.807) is 24.4 Å². The van der Waals surface area contributed by atoms with E-state index in [0.29, 0.717) is 21.6 Å². The number of aromatic nitrogens is 1. The summed E-state index contributed by atoms with van der Waals surface area (Å²) in [4.78, 5) is 14.4. The number of hydrazine groups is 1. The number of non-ortho nitro benzene ring substituents is 1. The Bertz CT molecular complexity index is 636. The van der Waals surface area contributed by atoms with Crippen molar-refractivity contribution in [3.63, 3.8) is 0 Å². The summed E-state index contributed by atoms with van der Waals surface area (Å²) in [6.07, 6.45) is 1.59. The average molecular weight is 339 g/mol. The Morgan fingerprint density at radius 2 is 2.20 bits per heavy atom. The summed E-state index contributed by atoms with van der Waals surface area (Å²) in [7, 11) is 0. The molecule has 2 aromatic rings. The fourth-order valence-corrected chi connectivity index (χ4v) is 2.00. The van der Waals surface area contributed by atoms with E-state index in [9.17, 15) is 10.1 Å². The van der Waals surface area contributed by atoms with Gasteiger partial charge >= 0.3 is 0 Å². The number of hydrogen-bond donors (Lipinski definition) is 2. The molecule has 0 bridgehead atoms. The first-order chi connectivity index (χ1) is 9.58. The molecule has 0 unspecified atom stereocenters. The van der Waals surface area contributed by atoms with Crippen molar-refractivity contribution in [3.05, 3.63) is 56.8 Å². The summed E-state index contributed by atoms with van der Waals surface area (Å²) >= 11 is 3.20. The molecule has 7 nitrogen and oxygen atoms in total. The highest BCUT2D eigenvalue weighted by Gasteiger charge is 2.09. The van der Waals surface area contributed by atoms with Crippen LogP contribution in [0.3, 0.4) is 0 Å². The zero-order chi connectivity index (χ0) is 14.5. The second-order valence-corrected chi connectivity index (χ2v) is 4.79. The molecule has 3 N–H and O–H groups in total. The number of nitro groups is 1. The first-order valence-corrected chi connectivity index (χ1v) is 6.37. The van der Waals surface area contributed by atoms with E-state index >= 15 is 0 Å². The van der Waals surface area contributed by atoms with Gasteiger partial charge in [-0.15, -0.1) is 0 Å². The van der Waals surface area contributed by atoms with Crippen molar-refractivity contribution in [2.75, 3.05) is 5.43 Å². The summed E-state index contributed by atoms with van der Waals surface area (Å²) in [5.41, 5.74) is 3.83. The van der Waals surface area contributed by atoms with Crippen LogP contribution in [0.15, 0.2) is 41.0 Å². The fourth-order valence-electron chi connectivity index (χ4n) is 1.54. The quantitative estimate of drug-likeness (QED) is 0.493. The van der Waals surface area contributed by atoms with Crippen LogP contribution in [0.2, 0.25) is 0 Å². The maximum absolute atomic E-state index is 10.8. The topological polar surface area (TPSA) is 103 Å². The van der Waals surface area contributed by atoms with Gasteiger partial charge in [0.05, 0.1) is 22.4 Å². The molecule has 0 aliphatic heterocycles. The zero-order valence-corrected chi connectivity index (χ0v) is 11.8. The number of nitrogens with one attached hydrogen (secondary N) is 1. The molecule has 0 radical (unpaired) electrons. The van der Waals surface area contributed by atoms with Gasteiger partial charge in [-0.05, 0) is 18.2 Å².